The normalized spacial score (nSPS) is 11.4. The molecule has 0 aliphatic heterocycles. The highest BCUT2D eigenvalue weighted by molar-refractivity contribution is 6.33. The molecule has 19 heavy (non-hydrogen) atoms. The molecule has 2 rings (SSSR count). The second kappa shape index (κ2) is 4.97. The van der Waals surface area contributed by atoms with E-state index in [2.05, 4.69) is 10.3 Å². The monoisotopic (exact) mass is 288 g/mol. The van der Waals surface area contributed by atoms with E-state index in [4.69, 9.17) is 16.7 Å². The average Bonchev–Trinajstić information content (AvgIpc) is 2.33. The highest BCUT2D eigenvalue weighted by atomic mass is 35.5. The third-order valence-corrected chi connectivity index (χ3v) is 2.59. The Bertz CT molecular complexity index is 585. The predicted molar refractivity (Wildman–Crippen MR) is 65.6 cm³/mol. The molecule has 0 aliphatic carbocycles. The molecule has 100 valence electrons. The Morgan fingerprint density at radius 2 is 1.79 bits per heavy atom. The number of rotatable bonds is 2. The standard InChI is InChI=1S/C12H8ClF3N2O/c13-10-5-7(12(14,15)16)6-17-11(10)18-8-1-3-9(19)4-2-8/h1-6,19H,(H,17,18). The van der Waals surface area contributed by atoms with Crippen molar-refractivity contribution in [1.29, 1.82) is 0 Å². The molecule has 7 heteroatoms. The molecule has 0 bridgehead atoms. The van der Waals surface area contributed by atoms with Crippen molar-refractivity contribution in [2.75, 3.05) is 5.32 Å². The third-order valence-electron chi connectivity index (χ3n) is 2.30. The van der Waals surface area contributed by atoms with Gasteiger partial charge in [0.25, 0.3) is 0 Å². The van der Waals surface area contributed by atoms with Gasteiger partial charge in [-0.2, -0.15) is 13.2 Å². The first kappa shape index (κ1) is 13.5. The summed E-state index contributed by atoms with van der Waals surface area (Å²) in [5, 5.41) is 11.7. The number of benzene rings is 1. The third kappa shape index (κ3) is 3.29. The maximum Gasteiger partial charge on any atom is 0.417 e. The van der Waals surface area contributed by atoms with Crippen LogP contribution in [0.15, 0.2) is 36.5 Å². The Labute approximate surface area is 111 Å². The molecule has 1 aromatic carbocycles. The van der Waals surface area contributed by atoms with Crippen LogP contribution in [-0.2, 0) is 6.18 Å². The minimum absolute atomic E-state index is 0.0806. The van der Waals surface area contributed by atoms with Gasteiger partial charge in [0.15, 0.2) is 0 Å². The van der Waals surface area contributed by atoms with Crippen LogP contribution in [0.3, 0.4) is 0 Å². The number of nitrogens with one attached hydrogen (secondary N) is 1. The van der Waals surface area contributed by atoms with Crippen LogP contribution in [0.25, 0.3) is 0 Å². The van der Waals surface area contributed by atoms with Crippen LogP contribution < -0.4 is 5.32 Å². The van der Waals surface area contributed by atoms with E-state index >= 15 is 0 Å². The van der Waals surface area contributed by atoms with Gasteiger partial charge in [-0.15, -0.1) is 0 Å². The van der Waals surface area contributed by atoms with Crippen LogP contribution in [0.2, 0.25) is 5.02 Å². The van der Waals surface area contributed by atoms with Gasteiger partial charge in [0, 0.05) is 11.9 Å². The summed E-state index contributed by atoms with van der Waals surface area (Å²) in [6.45, 7) is 0. The first-order valence-corrected chi connectivity index (χ1v) is 5.53. The lowest BCUT2D eigenvalue weighted by Gasteiger charge is -2.10. The van der Waals surface area contributed by atoms with Gasteiger partial charge in [0.05, 0.1) is 10.6 Å². The molecule has 3 nitrogen and oxygen atoms in total. The van der Waals surface area contributed by atoms with Crippen LogP contribution in [0.5, 0.6) is 5.75 Å². The SMILES string of the molecule is Oc1ccc(Nc2ncc(C(F)(F)F)cc2Cl)cc1. The molecule has 0 saturated heterocycles. The lowest BCUT2D eigenvalue weighted by Crippen LogP contribution is -2.06. The minimum Gasteiger partial charge on any atom is -0.508 e. The number of halogens is 4. The Balaban J connectivity index is 2.24. The molecule has 0 amide bonds. The van der Waals surface area contributed by atoms with Crippen LogP contribution in [-0.4, -0.2) is 10.1 Å². The maximum absolute atomic E-state index is 12.4. The number of hydrogen-bond acceptors (Lipinski definition) is 3. The molecule has 0 radical (unpaired) electrons. The molecular formula is C12H8ClF3N2O. The molecule has 2 aromatic rings. The van der Waals surface area contributed by atoms with Crippen molar-refractivity contribution in [2.45, 2.75) is 6.18 Å². The van der Waals surface area contributed by atoms with Crippen molar-refractivity contribution in [3.8, 4) is 5.75 Å². The van der Waals surface area contributed by atoms with Gasteiger partial charge in [0.1, 0.15) is 11.6 Å². The summed E-state index contributed by atoms with van der Waals surface area (Å²) in [5.74, 6) is 0.192. The molecular weight excluding hydrogens is 281 g/mol. The summed E-state index contributed by atoms with van der Waals surface area (Å²) in [4.78, 5) is 3.64. The fourth-order valence-corrected chi connectivity index (χ4v) is 1.58. The van der Waals surface area contributed by atoms with Crippen LogP contribution in [0.1, 0.15) is 5.56 Å². The van der Waals surface area contributed by atoms with Gasteiger partial charge in [0.2, 0.25) is 0 Å². The number of aromatic nitrogens is 1. The van der Waals surface area contributed by atoms with E-state index in [0.29, 0.717) is 11.9 Å². The van der Waals surface area contributed by atoms with Crippen molar-refractivity contribution in [3.05, 3.63) is 47.1 Å². The fraction of sp³-hybridized carbons (Fsp3) is 0.0833. The Kier molecular flexibility index (Phi) is 3.53. The van der Waals surface area contributed by atoms with Gasteiger partial charge in [-0.3, -0.25) is 0 Å². The zero-order valence-electron chi connectivity index (χ0n) is 9.37. The number of pyridine rings is 1. The Morgan fingerprint density at radius 3 is 2.32 bits per heavy atom. The molecule has 0 saturated carbocycles. The zero-order valence-corrected chi connectivity index (χ0v) is 10.1. The van der Waals surface area contributed by atoms with Gasteiger partial charge in [-0.25, -0.2) is 4.98 Å². The van der Waals surface area contributed by atoms with E-state index < -0.39 is 11.7 Å². The number of phenolic OH excluding ortho intramolecular Hbond substituents is 1. The van der Waals surface area contributed by atoms with E-state index in [1.54, 1.807) is 12.1 Å². The van der Waals surface area contributed by atoms with E-state index in [1.807, 2.05) is 0 Å². The largest absolute Gasteiger partial charge is 0.508 e. The van der Waals surface area contributed by atoms with Gasteiger partial charge in [-0.05, 0) is 30.3 Å². The highest BCUT2D eigenvalue weighted by Gasteiger charge is 2.31. The number of phenols is 1. The van der Waals surface area contributed by atoms with Crippen molar-refractivity contribution in [3.63, 3.8) is 0 Å². The summed E-state index contributed by atoms with van der Waals surface area (Å²) in [5.41, 5.74) is -0.360. The fourth-order valence-electron chi connectivity index (χ4n) is 1.37. The molecule has 0 spiro atoms. The first-order valence-electron chi connectivity index (χ1n) is 5.15. The highest BCUT2D eigenvalue weighted by Crippen LogP contribution is 2.33. The number of anilines is 2. The van der Waals surface area contributed by atoms with Crippen molar-refractivity contribution >= 4 is 23.1 Å². The second-order valence-corrected chi connectivity index (χ2v) is 4.13. The van der Waals surface area contributed by atoms with Crippen molar-refractivity contribution < 1.29 is 18.3 Å². The smallest absolute Gasteiger partial charge is 0.417 e. The topological polar surface area (TPSA) is 45.1 Å². The quantitative estimate of drug-likeness (QED) is 0.814. The summed E-state index contributed by atoms with van der Waals surface area (Å²) >= 11 is 5.74. The zero-order chi connectivity index (χ0) is 14.0. The molecule has 0 atom stereocenters. The molecule has 1 heterocycles. The lowest BCUT2D eigenvalue weighted by atomic mass is 10.2. The molecule has 0 aliphatic rings. The molecule has 0 fully saturated rings. The number of aromatic hydroxyl groups is 1. The van der Waals surface area contributed by atoms with E-state index in [9.17, 15) is 13.2 Å². The van der Waals surface area contributed by atoms with Crippen LogP contribution in [0.4, 0.5) is 24.7 Å². The van der Waals surface area contributed by atoms with E-state index in [1.165, 1.54) is 12.1 Å². The number of hydrogen-bond donors (Lipinski definition) is 2. The molecule has 1 aromatic heterocycles. The van der Waals surface area contributed by atoms with E-state index in [-0.39, 0.29) is 16.6 Å². The predicted octanol–water partition coefficient (Wildman–Crippen LogP) is 4.20. The maximum atomic E-state index is 12.4. The Morgan fingerprint density at radius 1 is 1.16 bits per heavy atom. The van der Waals surface area contributed by atoms with Gasteiger partial charge >= 0.3 is 6.18 Å². The minimum atomic E-state index is -4.48. The number of alkyl halides is 3. The van der Waals surface area contributed by atoms with Gasteiger partial charge < -0.3 is 10.4 Å². The molecule has 0 unspecified atom stereocenters. The summed E-state index contributed by atoms with van der Waals surface area (Å²) < 4.78 is 37.3. The number of nitrogens with zero attached hydrogens (tertiary/aromatic N) is 1. The summed E-state index contributed by atoms with van der Waals surface area (Å²) in [7, 11) is 0. The van der Waals surface area contributed by atoms with E-state index in [0.717, 1.165) is 6.07 Å². The van der Waals surface area contributed by atoms with Crippen molar-refractivity contribution in [1.82, 2.24) is 4.98 Å². The second-order valence-electron chi connectivity index (χ2n) is 3.72. The average molecular weight is 289 g/mol. The van der Waals surface area contributed by atoms with Crippen LogP contribution in [0, 0.1) is 0 Å². The van der Waals surface area contributed by atoms with Crippen molar-refractivity contribution in [2.24, 2.45) is 0 Å². The first-order chi connectivity index (χ1) is 8.86. The molecule has 2 N–H and O–H groups in total. The Hall–Kier alpha value is -1.95. The summed E-state index contributed by atoms with van der Waals surface area (Å²) in [6, 6.07) is 6.76. The van der Waals surface area contributed by atoms with Gasteiger partial charge in [-0.1, -0.05) is 11.6 Å². The lowest BCUT2D eigenvalue weighted by molar-refractivity contribution is -0.137. The summed E-state index contributed by atoms with van der Waals surface area (Å²) in [6.07, 6.45) is -3.78. The van der Waals surface area contributed by atoms with Crippen LogP contribution >= 0.6 is 11.6 Å².